The van der Waals surface area contributed by atoms with Crippen LogP contribution in [0.3, 0.4) is 0 Å². The first kappa shape index (κ1) is 19.2. The lowest BCUT2D eigenvalue weighted by Gasteiger charge is -2.36. The Morgan fingerprint density at radius 3 is 2.59 bits per heavy atom. The van der Waals surface area contributed by atoms with E-state index in [-0.39, 0.29) is 12.1 Å². The highest BCUT2D eigenvalue weighted by Crippen LogP contribution is 2.19. The van der Waals surface area contributed by atoms with E-state index in [0.29, 0.717) is 6.54 Å². The molecule has 1 atom stereocenters. The summed E-state index contributed by atoms with van der Waals surface area (Å²) in [5.74, 6) is 0. The molecule has 0 saturated carbocycles. The molecule has 2 heterocycles. The summed E-state index contributed by atoms with van der Waals surface area (Å²) in [5, 5.41) is 3.12. The first-order valence-corrected chi connectivity index (χ1v) is 9.45. The van der Waals surface area contributed by atoms with Crippen LogP contribution in [0, 0.1) is 6.92 Å². The van der Waals surface area contributed by atoms with E-state index in [1.54, 1.807) is 6.20 Å². The Morgan fingerprint density at radius 2 is 1.96 bits per heavy atom. The van der Waals surface area contributed by atoms with Crippen LogP contribution in [0.1, 0.15) is 17.2 Å². The number of urea groups is 1. The molecular formula is C21H29N5O. The number of piperazine rings is 1. The van der Waals surface area contributed by atoms with E-state index in [0.717, 1.165) is 31.9 Å². The minimum atomic E-state index is 0.0142. The number of hydrogen-bond acceptors (Lipinski definition) is 4. The van der Waals surface area contributed by atoms with Crippen molar-refractivity contribution in [1.29, 1.82) is 0 Å². The first-order valence-electron chi connectivity index (χ1n) is 9.45. The summed E-state index contributed by atoms with van der Waals surface area (Å²) in [6.45, 7) is 5.78. The number of amides is 2. The predicted octanol–water partition coefficient (Wildman–Crippen LogP) is 2.52. The van der Waals surface area contributed by atoms with Crippen molar-refractivity contribution in [2.45, 2.75) is 13.0 Å². The Labute approximate surface area is 161 Å². The van der Waals surface area contributed by atoms with Crippen molar-refractivity contribution in [1.82, 2.24) is 20.1 Å². The van der Waals surface area contributed by atoms with Gasteiger partial charge in [-0.3, -0.25) is 4.98 Å². The van der Waals surface area contributed by atoms with Crippen LogP contribution in [-0.4, -0.2) is 67.6 Å². The molecule has 144 valence electrons. The van der Waals surface area contributed by atoms with Crippen LogP contribution in [0.2, 0.25) is 0 Å². The third-order valence-corrected chi connectivity index (χ3v) is 5.07. The number of pyridine rings is 1. The third-order valence-electron chi connectivity index (χ3n) is 5.07. The van der Waals surface area contributed by atoms with E-state index in [9.17, 15) is 4.79 Å². The van der Waals surface area contributed by atoms with Crippen LogP contribution in [0.25, 0.3) is 0 Å². The van der Waals surface area contributed by atoms with Crippen molar-refractivity contribution in [3.05, 3.63) is 59.9 Å². The van der Waals surface area contributed by atoms with Crippen LogP contribution in [0.15, 0.2) is 48.8 Å². The zero-order chi connectivity index (χ0) is 19.2. The van der Waals surface area contributed by atoms with E-state index in [1.165, 1.54) is 11.1 Å². The SMILES string of the molecule is Cc1cccc([C@H](CNC(=O)N2CCN(c3cccnc3)CC2)N(C)C)c1. The molecule has 6 nitrogen and oxygen atoms in total. The van der Waals surface area contributed by atoms with E-state index in [2.05, 4.69) is 57.4 Å². The summed E-state index contributed by atoms with van der Waals surface area (Å²) >= 11 is 0. The van der Waals surface area contributed by atoms with Gasteiger partial charge < -0.3 is 20.0 Å². The maximum atomic E-state index is 12.6. The minimum Gasteiger partial charge on any atom is -0.367 e. The Kier molecular flexibility index (Phi) is 6.29. The van der Waals surface area contributed by atoms with Gasteiger partial charge in [-0.05, 0) is 38.7 Å². The van der Waals surface area contributed by atoms with Crippen molar-refractivity contribution in [2.75, 3.05) is 51.7 Å². The second-order valence-electron chi connectivity index (χ2n) is 7.26. The Balaban J connectivity index is 1.53. The fraction of sp³-hybridized carbons (Fsp3) is 0.429. The number of hydrogen-bond donors (Lipinski definition) is 1. The number of anilines is 1. The highest BCUT2D eigenvalue weighted by Gasteiger charge is 2.22. The number of nitrogens with one attached hydrogen (secondary N) is 1. The van der Waals surface area contributed by atoms with Crippen LogP contribution >= 0.6 is 0 Å². The maximum absolute atomic E-state index is 12.6. The summed E-state index contributed by atoms with van der Waals surface area (Å²) in [6.07, 6.45) is 3.65. The van der Waals surface area contributed by atoms with E-state index >= 15 is 0 Å². The zero-order valence-electron chi connectivity index (χ0n) is 16.4. The van der Waals surface area contributed by atoms with Gasteiger partial charge in [-0.2, -0.15) is 0 Å². The van der Waals surface area contributed by atoms with Crippen LogP contribution in [0.5, 0.6) is 0 Å². The summed E-state index contributed by atoms with van der Waals surface area (Å²) < 4.78 is 0. The average molecular weight is 367 g/mol. The van der Waals surface area contributed by atoms with Crippen molar-refractivity contribution in [3.63, 3.8) is 0 Å². The molecule has 1 N–H and O–H groups in total. The molecule has 2 aromatic rings. The van der Waals surface area contributed by atoms with Gasteiger partial charge in [0, 0.05) is 38.9 Å². The normalized spacial score (nSPS) is 15.7. The molecule has 27 heavy (non-hydrogen) atoms. The molecule has 0 radical (unpaired) electrons. The topological polar surface area (TPSA) is 51.7 Å². The maximum Gasteiger partial charge on any atom is 0.317 e. The van der Waals surface area contributed by atoms with Crippen molar-refractivity contribution in [2.24, 2.45) is 0 Å². The van der Waals surface area contributed by atoms with Crippen molar-refractivity contribution < 1.29 is 4.79 Å². The monoisotopic (exact) mass is 367 g/mol. The number of benzene rings is 1. The number of likely N-dealkylation sites (N-methyl/N-ethyl adjacent to an activating group) is 1. The van der Waals surface area contributed by atoms with Gasteiger partial charge in [-0.25, -0.2) is 4.79 Å². The van der Waals surface area contributed by atoms with E-state index < -0.39 is 0 Å². The molecule has 1 aromatic carbocycles. The fourth-order valence-electron chi connectivity index (χ4n) is 3.48. The molecule has 2 amide bonds. The van der Waals surface area contributed by atoms with Gasteiger partial charge in [-0.15, -0.1) is 0 Å². The molecule has 1 fully saturated rings. The van der Waals surface area contributed by atoms with Gasteiger partial charge in [0.2, 0.25) is 0 Å². The van der Waals surface area contributed by atoms with Crippen molar-refractivity contribution >= 4 is 11.7 Å². The second kappa shape index (κ2) is 8.86. The molecule has 3 rings (SSSR count). The fourth-order valence-corrected chi connectivity index (χ4v) is 3.48. The number of aryl methyl sites for hydroxylation is 1. The Morgan fingerprint density at radius 1 is 1.19 bits per heavy atom. The van der Waals surface area contributed by atoms with Gasteiger partial charge >= 0.3 is 6.03 Å². The number of carbonyl (C=O) groups excluding carboxylic acids is 1. The molecule has 0 aliphatic carbocycles. The lowest BCUT2D eigenvalue weighted by Crippen LogP contribution is -2.52. The molecule has 1 aliphatic rings. The summed E-state index contributed by atoms with van der Waals surface area (Å²) in [4.78, 5) is 23.1. The second-order valence-corrected chi connectivity index (χ2v) is 7.26. The van der Waals surface area contributed by atoms with E-state index in [4.69, 9.17) is 0 Å². The average Bonchev–Trinajstić information content (AvgIpc) is 2.68. The molecule has 0 unspecified atom stereocenters. The molecule has 1 aliphatic heterocycles. The van der Waals surface area contributed by atoms with Crippen LogP contribution < -0.4 is 10.2 Å². The lowest BCUT2D eigenvalue weighted by molar-refractivity contribution is 0.189. The van der Waals surface area contributed by atoms with Gasteiger partial charge in [0.15, 0.2) is 0 Å². The van der Waals surface area contributed by atoms with Gasteiger partial charge in [0.25, 0.3) is 0 Å². The lowest BCUT2D eigenvalue weighted by atomic mass is 10.0. The molecule has 0 spiro atoms. The smallest absolute Gasteiger partial charge is 0.317 e. The number of carbonyl (C=O) groups is 1. The van der Waals surface area contributed by atoms with E-state index in [1.807, 2.05) is 31.3 Å². The minimum absolute atomic E-state index is 0.0142. The molecule has 6 heteroatoms. The highest BCUT2D eigenvalue weighted by molar-refractivity contribution is 5.74. The highest BCUT2D eigenvalue weighted by atomic mass is 16.2. The van der Waals surface area contributed by atoms with Gasteiger partial charge in [0.05, 0.1) is 17.9 Å². The summed E-state index contributed by atoms with van der Waals surface area (Å²) in [5.41, 5.74) is 3.57. The third kappa shape index (κ3) is 4.98. The van der Waals surface area contributed by atoms with Gasteiger partial charge in [-0.1, -0.05) is 29.8 Å². The Hall–Kier alpha value is -2.60. The standard InChI is InChI=1S/C21H29N5O/c1-17-6-4-7-18(14-17)20(24(2)3)16-23-21(27)26-12-10-25(11-13-26)19-8-5-9-22-15-19/h4-9,14-15,20H,10-13,16H2,1-3H3,(H,23,27)/t20-/m0/s1. The summed E-state index contributed by atoms with van der Waals surface area (Å²) in [6, 6.07) is 12.6. The van der Waals surface area contributed by atoms with Crippen molar-refractivity contribution in [3.8, 4) is 0 Å². The summed E-state index contributed by atoms with van der Waals surface area (Å²) in [7, 11) is 4.09. The molecule has 1 aromatic heterocycles. The predicted molar refractivity (Wildman–Crippen MR) is 109 cm³/mol. The van der Waals surface area contributed by atoms with Gasteiger partial charge in [0.1, 0.15) is 0 Å². The molecule has 0 bridgehead atoms. The quantitative estimate of drug-likeness (QED) is 0.882. The largest absolute Gasteiger partial charge is 0.367 e. The molecule has 1 saturated heterocycles. The van der Waals surface area contributed by atoms with Crippen LogP contribution in [0.4, 0.5) is 10.5 Å². The number of rotatable bonds is 5. The Bertz CT molecular complexity index is 741. The first-order chi connectivity index (χ1) is 13.0. The molecular weight excluding hydrogens is 338 g/mol. The van der Waals surface area contributed by atoms with Crippen LogP contribution in [-0.2, 0) is 0 Å². The number of aromatic nitrogens is 1. The number of nitrogens with zero attached hydrogens (tertiary/aromatic N) is 4. The zero-order valence-corrected chi connectivity index (χ0v) is 16.4.